The Morgan fingerprint density at radius 3 is 2.71 bits per heavy atom. The van der Waals surface area contributed by atoms with Crippen LogP contribution in [0.3, 0.4) is 0 Å². The van der Waals surface area contributed by atoms with Gasteiger partial charge >= 0.3 is 5.97 Å². The Hall–Kier alpha value is -2.14. The molecular weight excluding hydrogens is 332 g/mol. The van der Waals surface area contributed by atoms with Gasteiger partial charge in [0.15, 0.2) is 0 Å². The Labute approximate surface area is 130 Å². The van der Waals surface area contributed by atoms with Crippen LogP contribution in [0.2, 0.25) is 0 Å². The van der Waals surface area contributed by atoms with Crippen molar-refractivity contribution < 1.29 is 9.53 Å². The number of aromatic nitrogens is 2. The highest BCUT2D eigenvalue weighted by atomic mass is 79.9. The molecule has 0 N–H and O–H groups in total. The van der Waals surface area contributed by atoms with Crippen LogP contribution >= 0.6 is 15.9 Å². The first-order valence-electron chi connectivity index (χ1n) is 6.45. The van der Waals surface area contributed by atoms with E-state index in [1.807, 2.05) is 30.5 Å². The highest BCUT2D eigenvalue weighted by Crippen LogP contribution is 2.23. The van der Waals surface area contributed by atoms with Gasteiger partial charge in [-0.25, -0.2) is 9.78 Å². The van der Waals surface area contributed by atoms with E-state index in [-0.39, 0.29) is 5.97 Å². The van der Waals surface area contributed by atoms with Crippen molar-refractivity contribution in [2.24, 2.45) is 0 Å². The molecule has 3 rings (SSSR count). The minimum atomic E-state index is -0.321. The zero-order valence-corrected chi connectivity index (χ0v) is 13.0. The van der Waals surface area contributed by atoms with Crippen LogP contribution in [0.5, 0.6) is 0 Å². The third kappa shape index (κ3) is 2.69. The molecular formula is C16H13BrN2O2. The maximum atomic E-state index is 11.4. The molecule has 1 aromatic carbocycles. The fourth-order valence-corrected chi connectivity index (χ4v) is 2.67. The van der Waals surface area contributed by atoms with Gasteiger partial charge in [-0.3, -0.25) is 0 Å². The van der Waals surface area contributed by atoms with Crippen molar-refractivity contribution in [1.82, 2.24) is 9.55 Å². The predicted molar refractivity (Wildman–Crippen MR) is 84.3 cm³/mol. The maximum Gasteiger partial charge on any atom is 0.337 e. The van der Waals surface area contributed by atoms with Crippen LogP contribution in [0.15, 0.2) is 53.3 Å². The molecule has 0 amide bonds. The number of nitrogens with zero attached hydrogens (tertiary/aromatic N) is 2. The Kier molecular flexibility index (Phi) is 3.75. The molecule has 0 atom stereocenters. The number of hydrogen-bond donors (Lipinski definition) is 0. The lowest BCUT2D eigenvalue weighted by Gasteiger charge is -2.06. The van der Waals surface area contributed by atoms with Gasteiger partial charge in [0.1, 0.15) is 5.65 Å². The van der Waals surface area contributed by atoms with Crippen LogP contribution < -0.4 is 0 Å². The molecule has 0 bridgehead atoms. The minimum absolute atomic E-state index is 0.321. The largest absolute Gasteiger partial charge is 0.465 e. The summed E-state index contributed by atoms with van der Waals surface area (Å²) in [5, 5.41) is 1.09. The highest BCUT2D eigenvalue weighted by Gasteiger charge is 2.07. The standard InChI is InChI=1S/C16H13BrN2O2/c1-21-16(20)12-4-2-11(3-5-12)10-19-9-7-13-14(17)6-8-18-15(13)19/h2-9H,10H2,1H3. The normalized spacial score (nSPS) is 10.8. The summed E-state index contributed by atoms with van der Waals surface area (Å²) in [6, 6.07) is 11.4. The average Bonchev–Trinajstić information content (AvgIpc) is 2.92. The van der Waals surface area contributed by atoms with E-state index in [9.17, 15) is 4.79 Å². The second-order valence-corrected chi connectivity index (χ2v) is 5.52. The minimum Gasteiger partial charge on any atom is -0.465 e. The summed E-state index contributed by atoms with van der Waals surface area (Å²) in [6.45, 7) is 0.703. The molecule has 0 saturated carbocycles. The van der Waals surface area contributed by atoms with E-state index in [1.165, 1.54) is 7.11 Å². The van der Waals surface area contributed by atoms with Gasteiger partial charge in [0.2, 0.25) is 0 Å². The Bertz CT molecular complexity index is 794. The molecule has 0 aliphatic heterocycles. The van der Waals surface area contributed by atoms with Crippen LogP contribution in [-0.2, 0) is 11.3 Å². The number of rotatable bonds is 3. The lowest BCUT2D eigenvalue weighted by atomic mass is 10.1. The summed E-state index contributed by atoms with van der Waals surface area (Å²) in [7, 11) is 1.38. The lowest BCUT2D eigenvalue weighted by Crippen LogP contribution is -2.03. The van der Waals surface area contributed by atoms with Gasteiger partial charge in [-0.05, 0) is 45.8 Å². The van der Waals surface area contributed by atoms with Crippen molar-refractivity contribution in [3.05, 3.63) is 64.4 Å². The quantitative estimate of drug-likeness (QED) is 0.681. The first-order chi connectivity index (χ1) is 10.2. The zero-order chi connectivity index (χ0) is 14.8. The number of carbonyl (C=O) groups excluding carboxylic acids is 1. The number of benzene rings is 1. The highest BCUT2D eigenvalue weighted by molar-refractivity contribution is 9.10. The number of methoxy groups -OCH3 is 1. The molecule has 0 aliphatic carbocycles. The van der Waals surface area contributed by atoms with Crippen LogP contribution in [0.4, 0.5) is 0 Å². The Morgan fingerprint density at radius 2 is 2.00 bits per heavy atom. The summed E-state index contributed by atoms with van der Waals surface area (Å²) < 4.78 is 7.80. The SMILES string of the molecule is COC(=O)c1ccc(Cn2ccc3c(Br)ccnc32)cc1. The molecule has 0 aliphatic rings. The van der Waals surface area contributed by atoms with Gasteiger partial charge in [0, 0.05) is 28.8 Å². The number of pyridine rings is 1. The smallest absolute Gasteiger partial charge is 0.337 e. The molecule has 106 valence electrons. The molecule has 21 heavy (non-hydrogen) atoms. The van der Waals surface area contributed by atoms with Gasteiger partial charge in [0.25, 0.3) is 0 Å². The molecule has 0 unspecified atom stereocenters. The summed E-state index contributed by atoms with van der Waals surface area (Å²) in [5.41, 5.74) is 2.59. The topological polar surface area (TPSA) is 44.1 Å². The average molecular weight is 345 g/mol. The van der Waals surface area contributed by atoms with Crippen LogP contribution in [0.1, 0.15) is 15.9 Å². The van der Waals surface area contributed by atoms with Crippen molar-refractivity contribution in [2.75, 3.05) is 7.11 Å². The number of halogens is 1. The number of carbonyl (C=O) groups is 1. The Balaban J connectivity index is 1.88. The van der Waals surface area contributed by atoms with Gasteiger partial charge in [0.05, 0.1) is 12.7 Å². The zero-order valence-electron chi connectivity index (χ0n) is 11.4. The van der Waals surface area contributed by atoms with E-state index in [0.717, 1.165) is 21.1 Å². The monoisotopic (exact) mass is 344 g/mol. The van der Waals surface area contributed by atoms with E-state index in [4.69, 9.17) is 4.74 Å². The maximum absolute atomic E-state index is 11.4. The lowest BCUT2D eigenvalue weighted by molar-refractivity contribution is 0.0600. The van der Waals surface area contributed by atoms with E-state index < -0.39 is 0 Å². The summed E-state index contributed by atoms with van der Waals surface area (Å²) in [5.74, 6) is -0.321. The first kappa shape index (κ1) is 13.8. The number of esters is 1. The van der Waals surface area contributed by atoms with E-state index in [0.29, 0.717) is 12.1 Å². The molecule has 0 spiro atoms. The molecule has 0 radical (unpaired) electrons. The molecule has 3 aromatic rings. The van der Waals surface area contributed by atoms with Crippen molar-refractivity contribution in [3.8, 4) is 0 Å². The Morgan fingerprint density at radius 1 is 1.24 bits per heavy atom. The second kappa shape index (κ2) is 5.69. The number of hydrogen-bond acceptors (Lipinski definition) is 3. The third-order valence-corrected chi connectivity index (χ3v) is 4.03. The molecule has 5 heteroatoms. The van der Waals surface area contributed by atoms with E-state index in [2.05, 4.69) is 25.5 Å². The summed E-state index contributed by atoms with van der Waals surface area (Å²) in [6.07, 6.45) is 3.79. The van der Waals surface area contributed by atoms with E-state index in [1.54, 1.807) is 18.3 Å². The van der Waals surface area contributed by atoms with Crippen molar-refractivity contribution in [3.63, 3.8) is 0 Å². The van der Waals surface area contributed by atoms with Crippen molar-refractivity contribution in [1.29, 1.82) is 0 Å². The summed E-state index contributed by atoms with van der Waals surface area (Å²) >= 11 is 3.52. The van der Waals surface area contributed by atoms with Gasteiger partial charge in [-0.2, -0.15) is 0 Å². The van der Waals surface area contributed by atoms with Crippen LogP contribution in [-0.4, -0.2) is 22.6 Å². The molecule has 4 nitrogen and oxygen atoms in total. The fraction of sp³-hybridized carbons (Fsp3) is 0.125. The molecule has 0 saturated heterocycles. The summed E-state index contributed by atoms with van der Waals surface area (Å²) in [4.78, 5) is 15.8. The van der Waals surface area contributed by atoms with Crippen LogP contribution in [0, 0.1) is 0 Å². The number of fused-ring (bicyclic) bond motifs is 1. The van der Waals surface area contributed by atoms with Crippen molar-refractivity contribution >= 4 is 32.9 Å². The molecule has 0 fully saturated rings. The fourth-order valence-electron chi connectivity index (χ4n) is 2.25. The van der Waals surface area contributed by atoms with Crippen LogP contribution in [0.25, 0.3) is 11.0 Å². The predicted octanol–water partition coefficient (Wildman–Crippen LogP) is 3.63. The van der Waals surface area contributed by atoms with Gasteiger partial charge in [-0.1, -0.05) is 12.1 Å². The van der Waals surface area contributed by atoms with Crippen molar-refractivity contribution in [2.45, 2.75) is 6.54 Å². The molecule has 2 aromatic heterocycles. The second-order valence-electron chi connectivity index (χ2n) is 4.66. The van der Waals surface area contributed by atoms with Gasteiger partial charge < -0.3 is 9.30 Å². The molecule has 2 heterocycles. The third-order valence-electron chi connectivity index (χ3n) is 3.34. The van der Waals surface area contributed by atoms with Gasteiger partial charge in [-0.15, -0.1) is 0 Å². The first-order valence-corrected chi connectivity index (χ1v) is 7.25. The number of ether oxygens (including phenoxy) is 1. The van der Waals surface area contributed by atoms with E-state index >= 15 is 0 Å².